The minimum absolute atomic E-state index is 0.529. The van der Waals surface area contributed by atoms with Crippen molar-refractivity contribution < 1.29 is 8.42 Å². The van der Waals surface area contributed by atoms with Crippen molar-refractivity contribution in [2.45, 2.75) is 0 Å². The molecule has 6 heteroatoms. The highest BCUT2D eigenvalue weighted by atomic mass is 35.5. The molecule has 2 rings (SSSR count). The molecule has 0 aromatic heterocycles. The van der Waals surface area contributed by atoms with Gasteiger partial charge in [0.05, 0.1) is 0 Å². The fourth-order valence-electron chi connectivity index (χ4n) is 1.01. The molecule has 0 unspecified atom stereocenters. The molecule has 0 bridgehead atoms. The predicted molar refractivity (Wildman–Crippen MR) is 55.6 cm³/mol. The summed E-state index contributed by atoms with van der Waals surface area (Å²) in [6.07, 6.45) is 0. The summed E-state index contributed by atoms with van der Waals surface area (Å²) in [5.41, 5.74) is 0.529. The normalized spacial score (nSPS) is 16.6. The van der Waals surface area contributed by atoms with E-state index in [4.69, 9.17) is 11.6 Å². The van der Waals surface area contributed by atoms with E-state index in [1.54, 1.807) is 24.3 Å². The van der Waals surface area contributed by atoms with Crippen LogP contribution in [0.25, 0.3) is 0 Å². The van der Waals surface area contributed by atoms with Crippen LogP contribution in [0.15, 0.2) is 24.3 Å². The Morgan fingerprint density at radius 1 is 1.21 bits per heavy atom. The van der Waals surface area contributed by atoms with Gasteiger partial charge in [-0.2, -0.15) is 12.7 Å². The highest BCUT2D eigenvalue weighted by Crippen LogP contribution is 2.18. The van der Waals surface area contributed by atoms with E-state index in [9.17, 15) is 8.42 Å². The van der Waals surface area contributed by atoms with Crippen LogP contribution in [0.4, 0.5) is 5.69 Å². The van der Waals surface area contributed by atoms with E-state index in [0.29, 0.717) is 23.8 Å². The summed E-state index contributed by atoms with van der Waals surface area (Å²) < 4.78 is 26.7. The first-order valence-electron chi connectivity index (χ1n) is 4.11. The lowest BCUT2D eigenvalue weighted by Gasteiger charge is -2.07. The van der Waals surface area contributed by atoms with Gasteiger partial charge in [-0.1, -0.05) is 11.6 Å². The number of anilines is 1. The predicted octanol–water partition coefficient (Wildman–Crippen LogP) is 1.31. The van der Waals surface area contributed by atoms with E-state index in [1.807, 2.05) is 0 Å². The second-order valence-corrected chi connectivity index (χ2v) is 5.12. The quantitative estimate of drug-likeness (QED) is 0.799. The van der Waals surface area contributed by atoms with Crippen molar-refractivity contribution in [3.8, 4) is 0 Å². The molecule has 0 radical (unpaired) electrons. The van der Waals surface area contributed by atoms with Gasteiger partial charge in [-0.25, -0.2) is 0 Å². The van der Waals surface area contributed by atoms with E-state index < -0.39 is 10.2 Å². The average Bonchev–Trinajstić information content (AvgIpc) is 2.91. The van der Waals surface area contributed by atoms with Crippen LogP contribution >= 0.6 is 11.6 Å². The van der Waals surface area contributed by atoms with Crippen LogP contribution in [0, 0.1) is 0 Å². The molecule has 4 nitrogen and oxygen atoms in total. The Hall–Kier alpha value is -0.780. The minimum Gasteiger partial charge on any atom is -0.271 e. The van der Waals surface area contributed by atoms with Gasteiger partial charge in [-0.15, -0.1) is 0 Å². The van der Waals surface area contributed by atoms with Gasteiger partial charge in [0.15, 0.2) is 0 Å². The molecule has 1 saturated heterocycles. The van der Waals surface area contributed by atoms with E-state index in [0.717, 1.165) is 0 Å². The van der Waals surface area contributed by atoms with Gasteiger partial charge in [-0.05, 0) is 24.3 Å². The smallest absolute Gasteiger partial charge is 0.271 e. The number of nitrogens with zero attached hydrogens (tertiary/aromatic N) is 1. The molecule has 1 aliphatic rings. The Balaban J connectivity index is 2.14. The third-order valence-corrected chi connectivity index (χ3v) is 3.63. The van der Waals surface area contributed by atoms with E-state index in [1.165, 1.54) is 4.31 Å². The maximum absolute atomic E-state index is 11.4. The van der Waals surface area contributed by atoms with Crippen molar-refractivity contribution >= 4 is 27.5 Å². The fraction of sp³-hybridized carbons (Fsp3) is 0.250. The zero-order valence-electron chi connectivity index (χ0n) is 7.27. The highest BCUT2D eigenvalue weighted by molar-refractivity contribution is 7.90. The standard InChI is InChI=1S/C8H9ClN2O2S/c9-7-1-3-8(4-2-7)10-14(12,13)11-5-6-11/h1-4,10H,5-6H2. The van der Waals surface area contributed by atoms with Crippen molar-refractivity contribution in [3.05, 3.63) is 29.3 Å². The van der Waals surface area contributed by atoms with E-state index >= 15 is 0 Å². The number of nitrogens with one attached hydrogen (secondary N) is 1. The Morgan fingerprint density at radius 3 is 2.29 bits per heavy atom. The molecule has 1 heterocycles. The van der Waals surface area contributed by atoms with Crippen LogP contribution in [0.2, 0.25) is 5.02 Å². The Kier molecular flexibility index (Phi) is 2.38. The zero-order valence-corrected chi connectivity index (χ0v) is 8.85. The summed E-state index contributed by atoms with van der Waals surface area (Å²) in [5, 5.41) is 0.583. The molecule has 1 aromatic carbocycles. The van der Waals surface area contributed by atoms with Crippen LogP contribution in [-0.4, -0.2) is 25.8 Å². The first-order chi connectivity index (χ1) is 6.58. The molecule has 14 heavy (non-hydrogen) atoms. The van der Waals surface area contributed by atoms with Crippen molar-refractivity contribution in [1.82, 2.24) is 4.31 Å². The van der Waals surface area contributed by atoms with Crippen LogP contribution in [0.1, 0.15) is 0 Å². The van der Waals surface area contributed by atoms with Crippen LogP contribution in [-0.2, 0) is 10.2 Å². The van der Waals surface area contributed by atoms with Crippen molar-refractivity contribution in [2.24, 2.45) is 0 Å². The molecule has 76 valence electrons. The SMILES string of the molecule is O=S(=O)(Nc1ccc(Cl)cc1)N1CC1. The number of rotatable bonds is 3. The molecule has 0 saturated carbocycles. The van der Waals surface area contributed by atoms with Gasteiger partial charge in [0.25, 0.3) is 0 Å². The lowest BCUT2D eigenvalue weighted by Crippen LogP contribution is -2.20. The van der Waals surface area contributed by atoms with Crippen LogP contribution < -0.4 is 4.72 Å². The van der Waals surface area contributed by atoms with Gasteiger partial charge in [0.1, 0.15) is 0 Å². The zero-order chi connectivity index (χ0) is 10.2. The highest BCUT2D eigenvalue weighted by Gasteiger charge is 2.31. The molecular weight excluding hydrogens is 224 g/mol. The largest absolute Gasteiger partial charge is 0.301 e. The lowest BCUT2D eigenvalue weighted by molar-refractivity contribution is 0.569. The first kappa shape index (κ1) is 9.76. The number of hydrogen-bond acceptors (Lipinski definition) is 2. The maximum Gasteiger partial charge on any atom is 0.301 e. The van der Waals surface area contributed by atoms with Gasteiger partial charge in [0, 0.05) is 23.8 Å². The van der Waals surface area contributed by atoms with E-state index in [-0.39, 0.29) is 0 Å². The van der Waals surface area contributed by atoms with Gasteiger partial charge in [0.2, 0.25) is 0 Å². The minimum atomic E-state index is -3.31. The Bertz CT molecular complexity index is 425. The summed E-state index contributed by atoms with van der Waals surface area (Å²) in [7, 11) is -3.31. The van der Waals surface area contributed by atoms with Crippen LogP contribution in [0.5, 0.6) is 0 Å². The number of benzene rings is 1. The summed E-state index contributed by atoms with van der Waals surface area (Å²) >= 11 is 5.67. The lowest BCUT2D eigenvalue weighted by atomic mass is 10.3. The van der Waals surface area contributed by atoms with Gasteiger partial charge < -0.3 is 0 Å². The molecular formula is C8H9ClN2O2S. The third kappa shape index (κ3) is 2.17. The maximum atomic E-state index is 11.4. The molecule has 0 amide bonds. The summed E-state index contributed by atoms with van der Waals surface area (Å²) in [6.45, 7) is 1.20. The summed E-state index contributed by atoms with van der Waals surface area (Å²) in [6, 6.07) is 6.54. The third-order valence-electron chi connectivity index (χ3n) is 1.84. The Labute approximate surface area is 87.7 Å². The first-order valence-corrected chi connectivity index (χ1v) is 5.93. The van der Waals surface area contributed by atoms with Crippen molar-refractivity contribution in [3.63, 3.8) is 0 Å². The van der Waals surface area contributed by atoms with Crippen molar-refractivity contribution in [2.75, 3.05) is 17.8 Å². The summed E-state index contributed by atoms with van der Waals surface area (Å²) in [4.78, 5) is 0. The Morgan fingerprint density at radius 2 is 1.79 bits per heavy atom. The van der Waals surface area contributed by atoms with Gasteiger partial charge >= 0.3 is 10.2 Å². The van der Waals surface area contributed by atoms with Gasteiger partial charge in [-0.3, -0.25) is 4.72 Å². The second-order valence-electron chi connectivity index (χ2n) is 3.01. The molecule has 1 aliphatic heterocycles. The topological polar surface area (TPSA) is 49.2 Å². The van der Waals surface area contributed by atoms with E-state index in [2.05, 4.69) is 4.72 Å². The van der Waals surface area contributed by atoms with Crippen LogP contribution in [0.3, 0.4) is 0 Å². The fourth-order valence-corrected chi connectivity index (χ4v) is 2.26. The second kappa shape index (κ2) is 3.42. The average molecular weight is 233 g/mol. The molecule has 1 N–H and O–H groups in total. The molecule has 0 spiro atoms. The molecule has 0 atom stereocenters. The molecule has 1 fully saturated rings. The number of halogens is 1. The summed E-state index contributed by atoms with van der Waals surface area (Å²) in [5.74, 6) is 0. The molecule has 1 aromatic rings. The monoisotopic (exact) mass is 232 g/mol. The van der Waals surface area contributed by atoms with Crippen molar-refractivity contribution in [1.29, 1.82) is 0 Å². The molecule has 0 aliphatic carbocycles. The number of hydrogen-bond donors (Lipinski definition) is 1.